The highest BCUT2D eigenvalue weighted by Gasteiger charge is 2.12. The van der Waals surface area contributed by atoms with Gasteiger partial charge < -0.3 is 4.98 Å². The number of aromatic amines is 1. The molecule has 0 bridgehead atoms. The molecule has 0 spiro atoms. The summed E-state index contributed by atoms with van der Waals surface area (Å²) < 4.78 is 13.5. The van der Waals surface area contributed by atoms with E-state index in [1.165, 1.54) is 12.1 Å². The van der Waals surface area contributed by atoms with Gasteiger partial charge in [0.1, 0.15) is 11.6 Å². The number of halogens is 1. The Morgan fingerprint density at radius 1 is 1.47 bits per heavy atom. The molecule has 0 atom stereocenters. The number of imidazole rings is 1. The van der Waals surface area contributed by atoms with E-state index < -0.39 is 5.82 Å². The van der Waals surface area contributed by atoms with Gasteiger partial charge in [0.15, 0.2) is 0 Å². The fourth-order valence-electron chi connectivity index (χ4n) is 1.40. The molecule has 0 aliphatic rings. The quantitative estimate of drug-likeness (QED) is 0.770. The minimum Gasteiger partial charge on any atom is -0.344 e. The Kier molecular flexibility index (Phi) is 2.22. The van der Waals surface area contributed by atoms with E-state index in [4.69, 9.17) is 5.26 Å². The standard InChI is InChI=1S/C11H8FN3/c1-7-6-14-11(15-7)10-8(5-13)3-2-4-9(10)12/h2-4,6H,1H3,(H,14,15). The lowest BCUT2D eigenvalue weighted by atomic mass is 10.1. The number of hydrogen-bond acceptors (Lipinski definition) is 2. The molecule has 4 heteroatoms. The maximum atomic E-state index is 13.5. The number of aryl methyl sites for hydroxylation is 1. The fourth-order valence-corrected chi connectivity index (χ4v) is 1.40. The van der Waals surface area contributed by atoms with E-state index in [9.17, 15) is 4.39 Å². The molecule has 0 saturated heterocycles. The van der Waals surface area contributed by atoms with Gasteiger partial charge in [-0.2, -0.15) is 5.26 Å². The lowest BCUT2D eigenvalue weighted by molar-refractivity contribution is 0.630. The Hall–Kier alpha value is -2.15. The summed E-state index contributed by atoms with van der Waals surface area (Å²) in [6.45, 7) is 1.80. The third-order valence-corrected chi connectivity index (χ3v) is 2.08. The van der Waals surface area contributed by atoms with Crippen LogP contribution in [0.3, 0.4) is 0 Å². The van der Waals surface area contributed by atoms with Crippen molar-refractivity contribution in [3.05, 3.63) is 41.5 Å². The second kappa shape index (κ2) is 3.54. The molecule has 0 aliphatic carbocycles. The topological polar surface area (TPSA) is 52.5 Å². The number of rotatable bonds is 1. The minimum absolute atomic E-state index is 0.230. The van der Waals surface area contributed by atoms with Gasteiger partial charge in [0.2, 0.25) is 0 Å². The zero-order valence-electron chi connectivity index (χ0n) is 8.08. The summed E-state index contributed by atoms with van der Waals surface area (Å²) in [5.41, 5.74) is 1.27. The Morgan fingerprint density at radius 2 is 2.27 bits per heavy atom. The molecule has 0 fully saturated rings. The first-order valence-electron chi connectivity index (χ1n) is 4.43. The van der Waals surface area contributed by atoms with Crippen molar-refractivity contribution in [1.82, 2.24) is 9.97 Å². The third-order valence-electron chi connectivity index (χ3n) is 2.08. The van der Waals surface area contributed by atoms with E-state index >= 15 is 0 Å². The summed E-state index contributed by atoms with van der Waals surface area (Å²) in [6.07, 6.45) is 1.67. The number of nitrogens with zero attached hydrogens (tertiary/aromatic N) is 2. The van der Waals surface area contributed by atoms with E-state index in [1.54, 1.807) is 19.2 Å². The molecule has 2 rings (SSSR count). The van der Waals surface area contributed by atoms with Gasteiger partial charge in [-0.1, -0.05) is 6.07 Å². The third kappa shape index (κ3) is 1.59. The van der Waals surface area contributed by atoms with E-state index in [0.29, 0.717) is 5.82 Å². The first-order valence-corrected chi connectivity index (χ1v) is 4.43. The van der Waals surface area contributed by atoms with Crippen molar-refractivity contribution in [1.29, 1.82) is 5.26 Å². The van der Waals surface area contributed by atoms with E-state index in [1.807, 2.05) is 6.07 Å². The lowest BCUT2D eigenvalue weighted by Crippen LogP contribution is -1.91. The first kappa shape index (κ1) is 9.41. The number of H-pyrrole nitrogens is 1. The molecule has 74 valence electrons. The van der Waals surface area contributed by atoms with Crippen LogP contribution < -0.4 is 0 Å². The number of nitriles is 1. The molecule has 15 heavy (non-hydrogen) atoms. The van der Waals surface area contributed by atoms with Gasteiger partial charge in [0.25, 0.3) is 0 Å². The molecular formula is C11H8FN3. The van der Waals surface area contributed by atoms with Gasteiger partial charge in [0, 0.05) is 6.20 Å². The van der Waals surface area contributed by atoms with E-state index in [0.717, 1.165) is 5.69 Å². The molecule has 2 aromatic rings. The van der Waals surface area contributed by atoms with Crippen LogP contribution in [0.25, 0.3) is 11.4 Å². The molecule has 1 aromatic carbocycles. The van der Waals surface area contributed by atoms with Crippen molar-refractivity contribution in [2.24, 2.45) is 0 Å². The van der Waals surface area contributed by atoms with Crippen molar-refractivity contribution >= 4 is 0 Å². The van der Waals surface area contributed by atoms with Crippen LogP contribution in [0.5, 0.6) is 0 Å². The fraction of sp³-hybridized carbons (Fsp3) is 0.0909. The zero-order valence-corrected chi connectivity index (χ0v) is 8.08. The number of nitrogens with one attached hydrogen (secondary N) is 1. The summed E-state index contributed by atoms with van der Waals surface area (Å²) in [4.78, 5) is 6.94. The van der Waals surface area contributed by atoms with Crippen LogP contribution in [0.15, 0.2) is 24.4 Å². The van der Waals surface area contributed by atoms with Crippen molar-refractivity contribution in [2.75, 3.05) is 0 Å². The van der Waals surface area contributed by atoms with Gasteiger partial charge in [-0.25, -0.2) is 9.37 Å². The second-order valence-corrected chi connectivity index (χ2v) is 3.16. The van der Waals surface area contributed by atoms with Gasteiger partial charge in [-0.15, -0.1) is 0 Å². The predicted molar refractivity (Wildman–Crippen MR) is 53.4 cm³/mol. The van der Waals surface area contributed by atoms with Crippen molar-refractivity contribution in [2.45, 2.75) is 6.92 Å². The van der Waals surface area contributed by atoms with Crippen LogP contribution >= 0.6 is 0 Å². The largest absolute Gasteiger partial charge is 0.344 e. The van der Waals surface area contributed by atoms with Crippen molar-refractivity contribution in [3.63, 3.8) is 0 Å². The number of benzene rings is 1. The SMILES string of the molecule is Cc1c[nH]c(-c2c(F)cccc2C#N)n1. The smallest absolute Gasteiger partial charge is 0.141 e. The number of aromatic nitrogens is 2. The van der Waals surface area contributed by atoms with Crippen LogP contribution in [0, 0.1) is 24.1 Å². The summed E-state index contributed by atoms with van der Waals surface area (Å²) in [7, 11) is 0. The summed E-state index contributed by atoms with van der Waals surface area (Å²) >= 11 is 0. The predicted octanol–water partition coefficient (Wildman–Crippen LogP) is 2.40. The summed E-state index contributed by atoms with van der Waals surface area (Å²) in [6, 6.07) is 6.33. The van der Waals surface area contributed by atoms with Crippen molar-refractivity contribution in [3.8, 4) is 17.5 Å². The molecule has 1 N–H and O–H groups in total. The van der Waals surface area contributed by atoms with Gasteiger partial charge in [-0.05, 0) is 19.1 Å². The Morgan fingerprint density at radius 3 is 2.87 bits per heavy atom. The van der Waals surface area contributed by atoms with Gasteiger partial charge >= 0.3 is 0 Å². The number of hydrogen-bond donors (Lipinski definition) is 1. The van der Waals surface area contributed by atoms with Crippen LogP contribution in [0.2, 0.25) is 0 Å². The highest BCUT2D eigenvalue weighted by molar-refractivity contribution is 5.65. The molecule has 1 heterocycles. The molecule has 0 saturated carbocycles. The molecule has 1 aromatic heterocycles. The monoisotopic (exact) mass is 201 g/mol. The molecule has 3 nitrogen and oxygen atoms in total. The Labute approximate surface area is 86.2 Å². The Balaban J connectivity index is 2.67. The lowest BCUT2D eigenvalue weighted by Gasteiger charge is -2.01. The van der Waals surface area contributed by atoms with E-state index in [2.05, 4.69) is 9.97 Å². The minimum atomic E-state index is -0.441. The molecule has 0 aliphatic heterocycles. The van der Waals surface area contributed by atoms with Crippen LogP contribution in [0.1, 0.15) is 11.3 Å². The van der Waals surface area contributed by atoms with Crippen LogP contribution in [-0.4, -0.2) is 9.97 Å². The normalized spacial score (nSPS) is 9.93. The molecule has 0 amide bonds. The maximum absolute atomic E-state index is 13.5. The van der Waals surface area contributed by atoms with E-state index in [-0.39, 0.29) is 11.1 Å². The second-order valence-electron chi connectivity index (χ2n) is 3.16. The molecular weight excluding hydrogens is 193 g/mol. The van der Waals surface area contributed by atoms with Crippen LogP contribution in [0.4, 0.5) is 4.39 Å². The Bertz CT molecular complexity index is 537. The highest BCUT2D eigenvalue weighted by Crippen LogP contribution is 2.23. The molecule has 0 radical (unpaired) electrons. The first-order chi connectivity index (χ1) is 7.22. The average molecular weight is 201 g/mol. The average Bonchev–Trinajstić information content (AvgIpc) is 2.64. The van der Waals surface area contributed by atoms with Crippen molar-refractivity contribution < 1.29 is 4.39 Å². The maximum Gasteiger partial charge on any atom is 0.141 e. The molecule has 0 unspecified atom stereocenters. The van der Waals surface area contributed by atoms with Crippen LogP contribution in [-0.2, 0) is 0 Å². The summed E-state index contributed by atoms with van der Waals surface area (Å²) in [5, 5.41) is 8.85. The van der Waals surface area contributed by atoms with Gasteiger partial charge in [0.05, 0.1) is 22.9 Å². The highest BCUT2D eigenvalue weighted by atomic mass is 19.1. The summed E-state index contributed by atoms with van der Waals surface area (Å²) in [5.74, 6) is -0.0504. The van der Waals surface area contributed by atoms with Gasteiger partial charge in [-0.3, -0.25) is 0 Å². The zero-order chi connectivity index (χ0) is 10.8.